The van der Waals surface area contributed by atoms with Crippen LogP contribution in [0.1, 0.15) is 24.8 Å². The molecule has 0 aliphatic rings. The molecule has 1 heterocycles. The van der Waals surface area contributed by atoms with Gasteiger partial charge in [-0.25, -0.2) is 0 Å². The molecule has 0 spiro atoms. The van der Waals surface area contributed by atoms with Gasteiger partial charge in [-0.3, -0.25) is 0 Å². The molecule has 0 aliphatic heterocycles. The lowest BCUT2D eigenvalue weighted by molar-refractivity contribution is 0.637. The first kappa shape index (κ1) is 15.9. The molecule has 0 fully saturated rings. The van der Waals surface area contributed by atoms with Crippen molar-refractivity contribution in [3.63, 3.8) is 0 Å². The molecular formula is C14H17BrClN3S. The van der Waals surface area contributed by atoms with Gasteiger partial charge in [-0.2, -0.15) is 0 Å². The standard InChI is InChI=1S/C14H17BrClN3S/c1-2-7-17-8-3-4-13-18-19-14(20-13)11-6-5-10(15)9-12(11)16/h5-6,9,17H,2-4,7-8H2,1H3. The number of aromatic nitrogens is 2. The van der Waals surface area contributed by atoms with Crippen molar-refractivity contribution in [2.24, 2.45) is 0 Å². The fourth-order valence-electron chi connectivity index (χ4n) is 1.79. The third-order valence-corrected chi connectivity index (χ3v) is 4.62. The minimum Gasteiger partial charge on any atom is -0.317 e. The maximum Gasteiger partial charge on any atom is 0.149 e. The first-order valence-electron chi connectivity index (χ1n) is 6.69. The fraction of sp³-hybridized carbons (Fsp3) is 0.429. The van der Waals surface area contributed by atoms with Gasteiger partial charge >= 0.3 is 0 Å². The Morgan fingerprint density at radius 1 is 1.30 bits per heavy atom. The summed E-state index contributed by atoms with van der Waals surface area (Å²) in [6.07, 6.45) is 3.22. The molecule has 2 rings (SSSR count). The minimum atomic E-state index is 0.701. The Balaban J connectivity index is 1.95. The van der Waals surface area contributed by atoms with Crippen LogP contribution in [-0.2, 0) is 6.42 Å². The van der Waals surface area contributed by atoms with Crippen LogP contribution < -0.4 is 5.32 Å². The third kappa shape index (κ3) is 4.52. The topological polar surface area (TPSA) is 37.8 Å². The van der Waals surface area contributed by atoms with E-state index in [-0.39, 0.29) is 0 Å². The monoisotopic (exact) mass is 373 g/mol. The van der Waals surface area contributed by atoms with E-state index in [1.54, 1.807) is 11.3 Å². The molecule has 3 nitrogen and oxygen atoms in total. The molecule has 2 aromatic rings. The van der Waals surface area contributed by atoms with E-state index in [0.717, 1.165) is 46.0 Å². The van der Waals surface area contributed by atoms with E-state index in [1.165, 1.54) is 6.42 Å². The largest absolute Gasteiger partial charge is 0.317 e. The first-order chi connectivity index (χ1) is 9.70. The van der Waals surface area contributed by atoms with Crippen LogP contribution in [0.25, 0.3) is 10.6 Å². The van der Waals surface area contributed by atoms with Crippen LogP contribution in [0.2, 0.25) is 5.02 Å². The van der Waals surface area contributed by atoms with Crippen LogP contribution >= 0.6 is 38.9 Å². The van der Waals surface area contributed by atoms with Gasteiger partial charge in [-0.15, -0.1) is 10.2 Å². The Labute approximate surface area is 136 Å². The van der Waals surface area contributed by atoms with Crippen molar-refractivity contribution in [3.05, 3.63) is 32.7 Å². The second-order valence-corrected chi connectivity index (χ2v) is 6.86. The molecule has 0 saturated heterocycles. The van der Waals surface area contributed by atoms with E-state index in [2.05, 4.69) is 38.4 Å². The lowest BCUT2D eigenvalue weighted by Gasteiger charge is -2.00. The number of nitrogens with zero attached hydrogens (tertiary/aromatic N) is 2. The zero-order chi connectivity index (χ0) is 14.4. The highest BCUT2D eigenvalue weighted by atomic mass is 79.9. The molecule has 0 amide bonds. The van der Waals surface area contributed by atoms with E-state index in [1.807, 2.05) is 18.2 Å². The lowest BCUT2D eigenvalue weighted by atomic mass is 10.2. The maximum atomic E-state index is 6.23. The zero-order valence-electron chi connectivity index (χ0n) is 11.3. The summed E-state index contributed by atoms with van der Waals surface area (Å²) >= 11 is 11.3. The smallest absolute Gasteiger partial charge is 0.149 e. The van der Waals surface area contributed by atoms with E-state index in [0.29, 0.717) is 5.02 Å². The highest BCUT2D eigenvalue weighted by Gasteiger charge is 2.10. The minimum absolute atomic E-state index is 0.701. The molecule has 20 heavy (non-hydrogen) atoms. The molecule has 108 valence electrons. The van der Waals surface area contributed by atoms with Crippen LogP contribution in [0.5, 0.6) is 0 Å². The summed E-state index contributed by atoms with van der Waals surface area (Å²) in [5.74, 6) is 0. The van der Waals surface area contributed by atoms with Crippen molar-refractivity contribution < 1.29 is 0 Å². The van der Waals surface area contributed by atoms with Crippen molar-refractivity contribution in [2.45, 2.75) is 26.2 Å². The maximum absolute atomic E-state index is 6.23. The third-order valence-electron chi connectivity index (χ3n) is 2.80. The van der Waals surface area contributed by atoms with Crippen LogP contribution in [0, 0.1) is 0 Å². The van der Waals surface area contributed by atoms with Crippen LogP contribution in [-0.4, -0.2) is 23.3 Å². The highest BCUT2D eigenvalue weighted by molar-refractivity contribution is 9.10. The number of benzene rings is 1. The van der Waals surface area contributed by atoms with Gasteiger partial charge in [0.15, 0.2) is 0 Å². The fourth-order valence-corrected chi connectivity index (χ4v) is 3.53. The van der Waals surface area contributed by atoms with Crippen molar-refractivity contribution in [1.82, 2.24) is 15.5 Å². The van der Waals surface area contributed by atoms with E-state index in [9.17, 15) is 0 Å². The molecule has 6 heteroatoms. The summed E-state index contributed by atoms with van der Waals surface area (Å²) in [5.41, 5.74) is 0.947. The summed E-state index contributed by atoms with van der Waals surface area (Å²) in [5, 5.41) is 14.5. The van der Waals surface area contributed by atoms with E-state index in [4.69, 9.17) is 11.6 Å². The van der Waals surface area contributed by atoms with Gasteiger partial charge in [0, 0.05) is 16.5 Å². The number of nitrogens with one attached hydrogen (secondary N) is 1. The Morgan fingerprint density at radius 2 is 2.15 bits per heavy atom. The predicted molar refractivity (Wildman–Crippen MR) is 89.5 cm³/mol. The quantitative estimate of drug-likeness (QED) is 0.722. The van der Waals surface area contributed by atoms with Gasteiger partial charge in [0.1, 0.15) is 10.0 Å². The summed E-state index contributed by atoms with van der Waals surface area (Å²) in [4.78, 5) is 0. The van der Waals surface area contributed by atoms with Crippen molar-refractivity contribution in [2.75, 3.05) is 13.1 Å². The Bertz CT molecular complexity index is 559. The molecule has 0 bridgehead atoms. The highest BCUT2D eigenvalue weighted by Crippen LogP contribution is 2.32. The molecule has 1 aromatic heterocycles. The molecule has 0 saturated carbocycles. The Hall–Kier alpha value is -0.490. The summed E-state index contributed by atoms with van der Waals surface area (Å²) in [6.45, 7) is 4.28. The van der Waals surface area contributed by atoms with Gasteiger partial charge in [-0.05, 0) is 44.1 Å². The van der Waals surface area contributed by atoms with Crippen LogP contribution in [0.15, 0.2) is 22.7 Å². The van der Waals surface area contributed by atoms with Gasteiger partial charge in [0.25, 0.3) is 0 Å². The molecule has 0 radical (unpaired) electrons. The Kier molecular flexibility index (Phi) is 6.42. The Morgan fingerprint density at radius 3 is 2.90 bits per heavy atom. The number of rotatable bonds is 7. The number of hydrogen-bond donors (Lipinski definition) is 1. The summed E-state index contributed by atoms with van der Waals surface area (Å²) < 4.78 is 0.970. The molecule has 0 aliphatic carbocycles. The van der Waals surface area contributed by atoms with Crippen molar-refractivity contribution >= 4 is 38.9 Å². The van der Waals surface area contributed by atoms with Crippen molar-refractivity contribution in [3.8, 4) is 10.6 Å². The van der Waals surface area contributed by atoms with Crippen LogP contribution in [0.4, 0.5) is 0 Å². The molecular weight excluding hydrogens is 358 g/mol. The van der Waals surface area contributed by atoms with Crippen molar-refractivity contribution in [1.29, 1.82) is 0 Å². The number of hydrogen-bond acceptors (Lipinski definition) is 4. The number of halogens is 2. The molecule has 1 N–H and O–H groups in total. The van der Waals surface area contributed by atoms with E-state index >= 15 is 0 Å². The lowest BCUT2D eigenvalue weighted by Crippen LogP contribution is -2.16. The number of aryl methyl sites for hydroxylation is 1. The summed E-state index contributed by atoms with van der Waals surface area (Å²) in [6, 6.07) is 5.82. The van der Waals surface area contributed by atoms with Gasteiger partial charge in [0.2, 0.25) is 0 Å². The average Bonchev–Trinajstić information content (AvgIpc) is 2.87. The zero-order valence-corrected chi connectivity index (χ0v) is 14.5. The van der Waals surface area contributed by atoms with Gasteiger partial charge < -0.3 is 5.32 Å². The van der Waals surface area contributed by atoms with Gasteiger partial charge in [-0.1, -0.05) is 45.8 Å². The SMILES string of the molecule is CCCNCCCc1nnc(-c2ccc(Br)cc2Cl)s1. The molecule has 0 atom stereocenters. The molecule has 1 aromatic carbocycles. The summed E-state index contributed by atoms with van der Waals surface area (Å²) in [7, 11) is 0. The average molecular weight is 375 g/mol. The predicted octanol–water partition coefficient (Wildman–Crippen LogP) is 4.55. The van der Waals surface area contributed by atoms with Crippen LogP contribution in [0.3, 0.4) is 0 Å². The second-order valence-electron chi connectivity index (χ2n) is 4.48. The first-order valence-corrected chi connectivity index (χ1v) is 8.68. The second kappa shape index (κ2) is 8.08. The molecule has 0 unspecified atom stereocenters. The normalized spacial score (nSPS) is 10.9. The van der Waals surface area contributed by atoms with E-state index < -0.39 is 0 Å². The van der Waals surface area contributed by atoms with Gasteiger partial charge in [0.05, 0.1) is 5.02 Å².